The number of rotatable bonds is 7. The van der Waals surface area contributed by atoms with Gasteiger partial charge in [0.1, 0.15) is 5.75 Å². The van der Waals surface area contributed by atoms with Crippen molar-refractivity contribution in [1.82, 2.24) is 10.2 Å². The van der Waals surface area contributed by atoms with E-state index in [9.17, 15) is 4.79 Å². The summed E-state index contributed by atoms with van der Waals surface area (Å²) in [7, 11) is 1.89. The summed E-state index contributed by atoms with van der Waals surface area (Å²) in [6.45, 7) is 4.40. The second-order valence-corrected chi connectivity index (χ2v) is 5.71. The normalized spacial score (nSPS) is 21.2. The van der Waals surface area contributed by atoms with Gasteiger partial charge in [-0.05, 0) is 44.4 Å². The molecular formula is C17H26N2O2. The van der Waals surface area contributed by atoms with Crippen molar-refractivity contribution in [2.45, 2.75) is 38.1 Å². The lowest BCUT2D eigenvalue weighted by molar-refractivity contribution is -0.136. The average molecular weight is 290 g/mol. The van der Waals surface area contributed by atoms with E-state index >= 15 is 0 Å². The van der Waals surface area contributed by atoms with Gasteiger partial charge in [-0.15, -0.1) is 0 Å². The highest BCUT2D eigenvalue weighted by Crippen LogP contribution is 2.25. The molecule has 1 aliphatic heterocycles. The molecule has 1 aliphatic rings. The number of hydrogen-bond donors (Lipinski definition) is 1. The number of nitrogens with zero attached hydrogens (tertiary/aromatic N) is 1. The fourth-order valence-corrected chi connectivity index (χ4v) is 2.92. The molecule has 1 aromatic carbocycles. The highest BCUT2D eigenvalue weighted by molar-refractivity contribution is 5.86. The number of para-hydroxylation sites is 1. The molecule has 1 atom stereocenters. The van der Waals surface area contributed by atoms with Crippen LogP contribution in [0.3, 0.4) is 0 Å². The van der Waals surface area contributed by atoms with E-state index in [1.165, 1.54) is 0 Å². The van der Waals surface area contributed by atoms with E-state index in [1.807, 2.05) is 42.3 Å². The van der Waals surface area contributed by atoms with Crippen LogP contribution in [0.2, 0.25) is 0 Å². The van der Waals surface area contributed by atoms with E-state index in [4.69, 9.17) is 4.74 Å². The van der Waals surface area contributed by atoms with Crippen LogP contribution in [0.25, 0.3) is 0 Å². The van der Waals surface area contributed by atoms with Crippen LogP contribution in [0, 0.1) is 0 Å². The predicted molar refractivity (Wildman–Crippen MR) is 84.4 cm³/mol. The number of carbonyl (C=O) groups is 1. The third-order valence-corrected chi connectivity index (χ3v) is 4.25. The summed E-state index contributed by atoms with van der Waals surface area (Å²) >= 11 is 0. The van der Waals surface area contributed by atoms with Gasteiger partial charge in [-0.1, -0.05) is 25.1 Å². The molecule has 1 fully saturated rings. The summed E-state index contributed by atoms with van der Waals surface area (Å²) < 4.78 is 5.66. The summed E-state index contributed by atoms with van der Waals surface area (Å²) in [5.74, 6) is 1.11. The van der Waals surface area contributed by atoms with Crippen molar-refractivity contribution in [1.29, 1.82) is 0 Å². The predicted octanol–water partition coefficient (Wildman–Crippen LogP) is 2.45. The Bertz CT molecular complexity index is 441. The van der Waals surface area contributed by atoms with Crippen molar-refractivity contribution in [2.75, 3.05) is 26.7 Å². The molecule has 21 heavy (non-hydrogen) atoms. The first-order valence-corrected chi connectivity index (χ1v) is 7.86. The Labute approximate surface area is 127 Å². The molecule has 1 N–H and O–H groups in total. The molecule has 1 saturated heterocycles. The lowest BCUT2D eigenvalue weighted by Crippen LogP contribution is -2.53. The molecule has 1 unspecified atom stereocenters. The maximum atomic E-state index is 12.6. The SMILES string of the molecule is CCC1(C(=O)N(C)CCCOc2ccccc2)CCCN1. The highest BCUT2D eigenvalue weighted by Gasteiger charge is 2.40. The second kappa shape index (κ2) is 7.46. The minimum atomic E-state index is -0.324. The van der Waals surface area contributed by atoms with Gasteiger partial charge in [0.2, 0.25) is 5.91 Å². The zero-order chi connectivity index (χ0) is 15.1. The van der Waals surface area contributed by atoms with Crippen LogP contribution in [0.15, 0.2) is 30.3 Å². The van der Waals surface area contributed by atoms with Gasteiger partial charge < -0.3 is 15.0 Å². The minimum Gasteiger partial charge on any atom is -0.494 e. The van der Waals surface area contributed by atoms with Crippen molar-refractivity contribution in [3.05, 3.63) is 30.3 Å². The lowest BCUT2D eigenvalue weighted by Gasteiger charge is -2.31. The third kappa shape index (κ3) is 3.97. The quantitative estimate of drug-likeness (QED) is 0.784. The molecule has 0 aliphatic carbocycles. The van der Waals surface area contributed by atoms with E-state index in [0.29, 0.717) is 6.61 Å². The third-order valence-electron chi connectivity index (χ3n) is 4.25. The van der Waals surface area contributed by atoms with Crippen molar-refractivity contribution in [3.63, 3.8) is 0 Å². The van der Waals surface area contributed by atoms with Crippen molar-refractivity contribution < 1.29 is 9.53 Å². The Hall–Kier alpha value is -1.55. The maximum Gasteiger partial charge on any atom is 0.242 e. The maximum absolute atomic E-state index is 12.6. The van der Waals surface area contributed by atoms with Gasteiger partial charge in [-0.25, -0.2) is 0 Å². The molecule has 1 heterocycles. The molecular weight excluding hydrogens is 264 g/mol. The molecule has 116 valence electrons. The minimum absolute atomic E-state index is 0.224. The fraction of sp³-hybridized carbons (Fsp3) is 0.588. The first kappa shape index (κ1) is 15.8. The first-order chi connectivity index (χ1) is 10.2. The Morgan fingerprint density at radius 1 is 1.38 bits per heavy atom. The zero-order valence-electron chi connectivity index (χ0n) is 13.1. The van der Waals surface area contributed by atoms with Crippen molar-refractivity contribution >= 4 is 5.91 Å². The number of likely N-dealkylation sites (N-methyl/N-ethyl adjacent to an activating group) is 1. The number of hydrogen-bond acceptors (Lipinski definition) is 3. The molecule has 1 amide bonds. The Kier molecular flexibility index (Phi) is 5.62. The number of carbonyl (C=O) groups excluding carboxylic acids is 1. The molecule has 0 aromatic heterocycles. The van der Waals surface area contributed by atoms with Gasteiger partial charge in [-0.3, -0.25) is 4.79 Å². The summed E-state index contributed by atoms with van der Waals surface area (Å²) in [4.78, 5) is 14.4. The van der Waals surface area contributed by atoms with Crippen LogP contribution in [0.4, 0.5) is 0 Å². The highest BCUT2D eigenvalue weighted by atomic mass is 16.5. The molecule has 0 bridgehead atoms. The number of benzene rings is 1. The molecule has 1 aromatic rings. The van der Waals surface area contributed by atoms with E-state index < -0.39 is 0 Å². The topological polar surface area (TPSA) is 41.6 Å². The van der Waals surface area contributed by atoms with Crippen LogP contribution in [0.1, 0.15) is 32.6 Å². The number of ether oxygens (including phenoxy) is 1. The van der Waals surface area contributed by atoms with Crippen LogP contribution >= 0.6 is 0 Å². The molecule has 0 saturated carbocycles. The molecule has 2 rings (SSSR count). The smallest absolute Gasteiger partial charge is 0.242 e. The molecule has 4 heteroatoms. The summed E-state index contributed by atoms with van der Waals surface area (Å²) in [6.07, 6.45) is 3.74. The van der Waals surface area contributed by atoms with Gasteiger partial charge >= 0.3 is 0 Å². The molecule has 0 radical (unpaired) electrons. The molecule has 0 spiro atoms. The van der Waals surface area contributed by atoms with Gasteiger partial charge in [0, 0.05) is 13.6 Å². The van der Waals surface area contributed by atoms with Crippen LogP contribution < -0.4 is 10.1 Å². The van der Waals surface area contributed by atoms with Crippen molar-refractivity contribution in [2.24, 2.45) is 0 Å². The Morgan fingerprint density at radius 2 is 2.14 bits per heavy atom. The number of nitrogens with one attached hydrogen (secondary N) is 1. The monoisotopic (exact) mass is 290 g/mol. The van der Waals surface area contributed by atoms with E-state index in [0.717, 1.165) is 44.5 Å². The van der Waals surface area contributed by atoms with Crippen LogP contribution in [-0.4, -0.2) is 43.1 Å². The van der Waals surface area contributed by atoms with Gasteiger partial charge in [0.25, 0.3) is 0 Å². The van der Waals surface area contributed by atoms with Gasteiger partial charge in [-0.2, -0.15) is 0 Å². The zero-order valence-corrected chi connectivity index (χ0v) is 13.1. The van der Waals surface area contributed by atoms with E-state index in [1.54, 1.807) is 0 Å². The largest absolute Gasteiger partial charge is 0.494 e. The summed E-state index contributed by atoms with van der Waals surface area (Å²) in [6, 6.07) is 9.79. The Morgan fingerprint density at radius 3 is 2.76 bits per heavy atom. The summed E-state index contributed by atoms with van der Waals surface area (Å²) in [5.41, 5.74) is -0.324. The average Bonchev–Trinajstić information content (AvgIpc) is 3.02. The lowest BCUT2D eigenvalue weighted by atomic mass is 9.92. The van der Waals surface area contributed by atoms with E-state index in [2.05, 4.69) is 12.2 Å². The van der Waals surface area contributed by atoms with E-state index in [-0.39, 0.29) is 11.4 Å². The standard InChI is InChI=1S/C17H26N2O2/c1-3-17(11-7-12-18-17)16(20)19(2)13-8-14-21-15-9-5-4-6-10-15/h4-6,9-10,18H,3,7-8,11-14H2,1-2H3. The Balaban J connectivity index is 1.74. The van der Waals surface area contributed by atoms with Crippen molar-refractivity contribution in [3.8, 4) is 5.75 Å². The van der Waals surface area contributed by atoms with Crippen LogP contribution in [-0.2, 0) is 4.79 Å². The second-order valence-electron chi connectivity index (χ2n) is 5.71. The van der Waals surface area contributed by atoms with Gasteiger partial charge in [0.15, 0.2) is 0 Å². The van der Waals surface area contributed by atoms with Crippen LogP contribution in [0.5, 0.6) is 5.75 Å². The number of amides is 1. The summed E-state index contributed by atoms with van der Waals surface area (Å²) in [5, 5.41) is 3.39. The molecule has 4 nitrogen and oxygen atoms in total. The fourth-order valence-electron chi connectivity index (χ4n) is 2.92. The van der Waals surface area contributed by atoms with Gasteiger partial charge in [0.05, 0.1) is 12.1 Å². The first-order valence-electron chi connectivity index (χ1n) is 7.86.